The average Bonchev–Trinajstić information content (AvgIpc) is 2.63. The number of aryl methyl sites for hydroxylation is 2. The van der Waals surface area contributed by atoms with E-state index < -0.39 is 0 Å². The second-order valence-corrected chi connectivity index (χ2v) is 6.46. The highest BCUT2D eigenvalue weighted by Crippen LogP contribution is 2.10. The van der Waals surface area contributed by atoms with E-state index in [1.54, 1.807) is 12.1 Å². The van der Waals surface area contributed by atoms with E-state index in [1.807, 2.05) is 44.2 Å². The molecule has 0 bridgehead atoms. The van der Waals surface area contributed by atoms with Crippen LogP contribution in [0.3, 0.4) is 0 Å². The lowest BCUT2D eigenvalue weighted by atomic mass is 9.98. The molecule has 134 valence electrons. The molecular weight excluding hydrogens is 328 g/mol. The van der Waals surface area contributed by atoms with Gasteiger partial charge < -0.3 is 10.1 Å². The van der Waals surface area contributed by atoms with Gasteiger partial charge in [0.1, 0.15) is 5.75 Å². The van der Waals surface area contributed by atoms with E-state index in [4.69, 9.17) is 4.74 Å². The van der Waals surface area contributed by atoms with Gasteiger partial charge in [-0.15, -0.1) is 0 Å². The van der Waals surface area contributed by atoms with Crippen molar-refractivity contribution in [3.05, 3.63) is 64.2 Å². The van der Waals surface area contributed by atoms with Crippen molar-refractivity contribution in [3.63, 3.8) is 0 Å². The zero-order chi connectivity index (χ0) is 18.5. The number of carbonyl (C=O) groups is 2. The van der Waals surface area contributed by atoms with Crippen LogP contribution in [-0.4, -0.2) is 25.0 Å². The van der Waals surface area contributed by atoms with Crippen LogP contribution in [0.5, 0.6) is 5.75 Å². The molecule has 0 fully saturated rings. The molecule has 1 aliphatic heterocycles. The molecule has 26 heavy (non-hydrogen) atoms. The highest BCUT2D eigenvalue weighted by atomic mass is 16.5. The number of ether oxygens (including phenoxy) is 1. The van der Waals surface area contributed by atoms with Crippen LogP contribution in [0.25, 0.3) is 6.08 Å². The van der Waals surface area contributed by atoms with Crippen LogP contribution in [0.15, 0.2) is 47.5 Å². The van der Waals surface area contributed by atoms with Crippen LogP contribution in [0.1, 0.15) is 17.5 Å². The molecule has 1 N–H and O–H groups in total. The van der Waals surface area contributed by atoms with Crippen molar-refractivity contribution in [1.82, 2.24) is 5.32 Å². The maximum atomic E-state index is 12.2. The fourth-order valence-electron chi connectivity index (χ4n) is 2.83. The summed E-state index contributed by atoms with van der Waals surface area (Å²) in [6.07, 6.45) is 2.47. The zero-order valence-corrected chi connectivity index (χ0v) is 15.0. The maximum absolute atomic E-state index is 12.2. The quantitative estimate of drug-likeness (QED) is 0.857. The Morgan fingerprint density at radius 3 is 2.65 bits per heavy atom. The summed E-state index contributed by atoms with van der Waals surface area (Å²) in [4.78, 5) is 28.3. The van der Waals surface area contributed by atoms with Gasteiger partial charge >= 0.3 is 0 Å². The molecule has 1 unspecified atom stereocenters. The number of nitrogens with one attached hydrogen (secondary N) is 1. The van der Waals surface area contributed by atoms with Crippen molar-refractivity contribution in [1.29, 1.82) is 0 Å². The summed E-state index contributed by atoms with van der Waals surface area (Å²) >= 11 is 0. The number of para-hydroxylation sites is 1. The number of nitrogens with zero attached hydrogens (tertiary/aromatic N) is 1. The molecule has 3 rings (SSSR count). The summed E-state index contributed by atoms with van der Waals surface area (Å²) in [5.41, 5.74) is 2.30. The standard InChI is InChI=1S/C21H22N2O3/c1-14-10-17-12-16(21(25)23-19(17)11-15(14)2)8-9-22-20(24)13-26-18-6-4-3-5-7-18/h3-7,10-12,16H,8-9,13H2,1-2H3,(H,22,24). The molecular formula is C21H22N2O3. The van der Waals surface area contributed by atoms with E-state index in [0.717, 1.165) is 16.1 Å². The molecule has 1 heterocycles. The number of rotatable bonds is 6. The largest absolute Gasteiger partial charge is 0.484 e. The van der Waals surface area contributed by atoms with Gasteiger partial charge in [-0.05, 0) is 60.9 Å². The van der Waals surface area contributed by atoms with Crippen molar-refractivity contribution < 1.29 is 14.3 Å². The Labute approximate surface area is 152 Å². The van der Waals surface area contributed by atoms with Gasteiger partial charge in [-0.3, -0.25) is 9.59 Å². The van der Waals surface area contributed by atoms with Crippen molar-refractivity contribution in [3.8, 4) is 5.75 Å². The van der Waals surface area contributed by atoms with E-state index in [0.29, 0.717) is 18.7 Å². The van der Waals surface area contributed by atoms with Crippen LogP contribution >= 0.6 is 0 Å². The number of amides is 2. The molecule has 0 aromatic heterocycles. The first-order valence-electron chi connectivity index (χ1n) is 8.69. The molecule has 0 saturated carbocycles. The second kappa shape index (κ2) is 7.95. The Balaban J connectivity index is 1.53. The van der Waals surface area contributed by atoms with Crippen LogP contribution in [0.2, 0.25) is 0 Å². The Morgan fingerprint density at radius 1 is 1.15 bits per heavy atom. The molecule has 2 aromatic rings. The summed E-state index contributed by atoms with van der Waals surface area (Å²) in [5.74, 6) is -0.0177. The molecule has 2 aromatic carbocycles. The number of benzene rings is 2. The molecule has 1 aliphatic rings. The number of carbonyl (C=O) groups excluding carboxylic acids is 2. The Kier molecular flexibility index (Phi) is 5.46. The summed E-state index contributed by atoms with van der Waals surface area (Å²) < 4.78 is 5.40. The summed E-state index contributed by atoms with van der Waals surface area (Å²) in [6.45, 7) is 4.41. The summed E-state index contributed by atoms with van der Waals surface area (Å²) in [7, 11) is 0. The van der Waals surface area contributed by atoms with Gasteiger partial charge in [0.25, 0.3) is 11.8 Å². The first-order chi connectivity index (χ1) is 12.5. The van der Waals surface area contributed by atoms with E-state index in [9.17, 15) is 9.59 Å². The van der Waals surface area contributed by atoms with Crippen molar-refractivity contribution in [2.75, 3.05) is 13.2 Å². The van der Waals surface area contributed by atoms with Crippen LogP contribution in [0, 0.1) is 19.8 Å². The lowest BCUT2D eigenvalue weighted by molar-refractivity contribution is -0.124. The summed E-state index contributed by atoms with van der Waals surface area (Å²) in [5, 5.41) is 4.50. The minimum absolute atomic E-state index is 0.0436. The number of hydrogen-bond acceptors (Lipinski definition) is 3. The molecule has 1 atom stereocenters. The van der Waals surface area contributed by atoms with E-state index in [-0.39, 0.29) is 24.3 Å². The molecule has 5 nitrogen and oxygen atoms in total. The fraction of sp³-hybridized carbons (Fsp3) is 0.286. The number of hydrogen-bond donors (Lipinski definition) is 1. The monoisotopic (exact) mass is 350 g/mol. The average molecular weight is 350 g/mol. The van der Waals surface area contributed by atoms with Crippen molar-refractivity contribution in [2.24, 2.45) is 10.9 Å². The summed E-state index contributed by atoms with van der Waals surface area (Å²) in [6, 6.07) is 13.2. The predicted octanol–water partition coefficient (Wildman–Crippen LogP) is 1.45. The normalized spacial score (nSPS) is 15.5. The van der Waals surface area contributed by atoms with Gasteiger partial charge in [0, 0.05) is 6.54 Å². The minimum Gasteiger partial charge on any atom is -0.484 e. The third-order valence-electron chi connectivity index (χ3n) is 4.46. The molecule has 0 saturated heterocycles. The Morgan fingerprint density at radius 2 is 1.88 bits per heavy atom. The van der Waals surface area contributed by atoms with Crippen LogP contribution in [-0.2, 0) is 9.59 Å². The van der Waals surface area contributed by atoms with Gasteiger partial charge in [-0.1, -0.05) is 24.3 Å². The van der Waals surface area contributed by atoms with Crippen LogP contribution < -0.4 is 20.6 Å². The van der Waals surface area contributed by atoms with E-state index >= 15 is 0 Å². The molecule has 0 aliphatic carbocycles. The smallest absolute Gasteiger partial charge is 0.257 e. The van der Waals surface area contributed by atoms with Gasteiger partial charge in [-0.25, -0.2) is 4.99 Å². The Bertz CT molecular complexity index is 936. The van der Waals surface area contributed by atoms with E-state index in [2.05, 4.69) is 16.4 Å². The predicted molar refractivity (Wildman–Crippen MR) is 99.2 cm³/mol. The van der Waals surface area contributed by atoms with Gasteiger partial charge in [0.05, 0.1) is 11.3 Å². The maximum Gasteiger partial charge on any atom is 0.257 e. The molecule has 2 amide bonds. The Hall–Kier alpha value is -2.95. The minimum atomic E-state index is -0.306. The van der Waals surface area contributed by atoms with Gasteiger partial charge in [0.15, 0.2) is 6.61 Å². The topological polar surface area (TPSA) is 67.8 Å². The number of fused-ring (bicyclic) bond motifs is 1. The molecule has 0 spiro atoms. The highest BCUT2D eigenvalue weighted by molar-refractivity contribution is 5.86. The fourth-order valence-corrected chi connectivity index (χ4v) is 2.83. The SMILES string of the molecule is Cc1cc2c(cc1C)=NC(=O)C(CCNC(=O)COc1ccccc1)C=2. The lowest BCUT2D eigenvalue weighted by Gasteiger charge is -2.14. The van der Waals surface area contributed by atoms with Gasteiger partial charge in [-0.2, -0.15) is 0 Å². The highest BCUT2D eigenvalue weighted by Gasteiger charge is 2.18. The van der Waals surface area contributed by atoms with Crippen molar-refractivity contribution >= 4 is 17.9 Å². The lowest BCUT2D eigenvalue weighted by Crippen LogP contribution is -2.36. The van der Waals surface area contributed by atoms with E-state index in [1.165, 1.54) is 5.56 Å². The first-order valence-corrected chi connectivity index (χ1v) is 8.69. The molecule has 5 heteroatoms. The third-order valence-corrected chi connectivity index (χ3v) is 4.46. The first kappa shape index (κ1) is 17.9. The zero-order valence-electron chi connectivity index (χ0n) is 15.0. The van der Waals surface area contributed by atoms with Crippen LogP contribution in [0.4, 0.5) is 0 Å². The van der Waals surface area contributed by atoms with Crippen molar-refractivity contribution in [2.45, 2.75) is 20.3 Å². The molecule has 0 radical (unpaired) electrons. The third kappa shape index (κ3) is 4.36. The van der Waals surface area contributed by atoms with Gasteiger partial charge in [0.2, 0.25) is 0 Å². The second-order valence-electron chi connectivity index (χ2n) is 6.46.